The zero-order valence-corrected chi connectivity index (χ0v) is 13.2. The third-order valence-corrected chi connectivity index (χ3v) is 4.94. The zero-order valence-electron chi connectivity index (χ0n) is 10.9. The van der Waals surface area contributed by atoms with Crippen molar-refractivity contribution in [1.82, 2.24) is 10.2 Å². The van der Waals surface area contributed by atoms with Crippen LogP contribution >= 0.6 is 34.5 Å². The quantitative estimate of drug-likeness (QED) is 0.917. The van der Waals surface area contributed by atoms with E-state index < -0.39 is 0 Å². The van der Waals surface area contributed by atoms with E-state index in [0.29, 0.717) is 15.2 Å². The summed E-state index contributed by atoms with van der Waals surface area (Å²) in [6.07, 6.45) is 3.47. The Morgan fingerprint density at radius 3 is 2.68 bits per heavy atom. The normalized spacial score (nSPS) is 17.5. The lowest BCUT2D eigenvalue weighted by Gasteiger charge is -2.27. The number of amides is 1. The molecule has 2 heterocycles. The highest BCUT2D eigenvalue weighted by molar-refractivity contribution is 7.20. The van der Waals surface area contributed by atoms with E-state index in [1.807, 2.05) is 17.9 Å². The molecule has 1 unspecified atom stereocenters. The number of carbonyl (C=O) groups is 1. The lowest BCUT2D eigenvalue weighted by atomic mass is 10.1. The summed E-state index contributed by atoms with van der Waals surface area (Å²) in [6.45, 7) is 4.12. The van der Waals surface area contributed by atoms with Crippen molar-refractivity contribution in [2.24, 2.45) is 0 Å². The number of thiophene rings is 1. The third kappa shape index (κ3) is 4.09. The Kier molecular flexibility index (Phi) is 5.51. The van der Waals surface area contributed by atoms with Crippen LogP contribution in [0.5, 0.6) is 0 Å². The molecule has 0 saturated carbocycles. The molecule has 1 aromatic heterocycles. The molecule has 0 aromatic carbocycles. The van der Waals surface area contributed by atoms with Gasteiger partial charge in [0.05, 0.1) is 15.2 Å². The van der Waals surface area contributed by atoms with Crippen molar-refractivity contribution in [2.75, 3.05) is 19.6 Å². The maximum atomic E-state index is 12.0. The highest BCUT2D eigenvalue weighted by atomic mass is 35.5. The van der Waals surface area contributed by atoms with Gasteiger partial charge in [0.25, 0.3) is 0 Å². The van der Waals surface area contributed by atoms with Crippen LogP contribution in [0.4, 0.5) is 0 Å². The third-order valence-electron chi connectivity index (χ3n) is 3.42. The minimum Gasteiger partial charge on any atom is -0.342 e. The molecule has 1 amide bonds. The van der Waals surface area contributed by atoms with Gasteiger partial charge in [-0.25, -0.2) is 0 Å². The van der Waals surface area contributed by atoms with E-state index in [1.54, 1.807) is 0 Å². The van der Waals surface area contributed by atoms with Gasteiger partial charge in [0.15, 0.2) is 0 Å². The van der Waals surface area contributed by atoms with Gasteiger partial charge in [-0.2, -0.15) is 0 Å². The number of hydrogen-bond acceptors (Lipinski definition) is 3. The Morgan fingerprint density at radius 2 is 2.11 bits per heavy atom. The number of carbonyl (C=O) groups excluding carboxylic acids is 1. The van der Waals surface area contributed by atoms with Crippen LogP contribution in [0.15, 0.2) is 6.07 Å². The molecule has 1 N–H and O–H groups in total. The zero-order chi connectivity index (χ0) is 13.8. The fraction of sp³-hybridized carbons (Fsp3) is 0.615. The van der Waals surface area contributed by atoms with Crippen molar-refractivity contribution < 1.29 is 4.79 Å². The first-order valence-corrected chi connectivity index (χ1v) is 8.11. The van der Waals surface area contributed by atoms with Gasteiger partial charge >= 0.3 is 0 Å². The van der Waals surface area contributed by atoms with E-state index >= 15 is 0 Å². The van der Waals surface area contributed by atoms with E-state index in [2.05, 4.69) is 5.32 Å². The van der Waals surface area contributed by atoms with Crippen molar-refractivity contribution in [3.05, 3.63) is 20.3 Å². The topological polar surface area (TPSA) is 32.3 Å². The molecule has 19 heavy (non-hydrogen) atoms. The number of likely N-dealkylation sites (tertiary alicyclic amines) is 1. The summed E-state index contributed by atoms with van der Waals surface area (Å²) in [5, 5.41) is 3.22. The Hall–Kier alpha value is -0.290. The predicted molar refractivity (Wildman–Crippen MR) is 81.2 cm³/mol. The minimum absolute atomic E-state index is 0.0324. The van der Waals surface area contributed by atoms with Crippen molar-refractivity contribution in [1.29, 1.82) is 0 Å². The molecule has 1 aliphatic rings. The predicted octanol–water partition coefficient (Wildman–Crippen LogP) is 3.72. The smallest absolute Gasteiger partial charge is 0.236 e. The second-order valence-electron chi connectivity index (χ2n) is 4.82. The summed E-state index contributed by atoms with van der Waals surface area (Å²) >= 11 is 13.4. The number of rotatable bonds is 4. The van der Waals surface area contributed by atoms with Crippen LogP contribution in [0.1, 0.15) is 37.8 Å². The van der Waals surface area contributed by atoms with E-state index in [4.69, 9.17) is 23.2 Å². The summed E-state index contributed by atoms with van der Waals surface area (Å²) in [4.78, 5) is 14.0. The van der Waals surface area contributed by atoms with Crippen molar-refractivity contribution >= 4 is 40.4 Å². The van der Waals surface area contributed by atoms with Gasteiger partial charge in [-0.05, 0) is 37.8 Å². The molecule has 2 rings (SSSR count). The van der Waals surface area contributed by atoms with E-state index in [9.17, 15) is 4.79 Å². The number of nitrogens with zero attached hydrogens (tertiary/aromatic N) is 1. The molecule has 3 nitrogen and oxygen atoms in total. The minimum atomic E-state index is 0.0324. The highest BCUT2D eigenvalue weighted by Gasteiger charge is 2.18. The van der Waals surface area contributed by atoms with E-state index in [1.165, 1.54) is 17.8 Å². The van der Waals surface area contributed by atoms with Crippen LogP contribution in [-0.4, -0.2) is 30.4 Å². The average molecular weight is 321 g/mol. The number of piperidine rings is 1. The largest absolute Gasteiger partial charge is 0.342 e. The Morgan fingerprint density at radius 1 is 1.42 bits per heavy atom. The SMILES string of the molecule is CC(NCC(=O)N1CCCCC1)c1cc(Cl)sc1Cl. The summed E-state index contributed by atoms with van der Waals surface area (Å²) in [6, 6.07) is 1.89. The Bertz CT molecular complexity index is 444. The molecule has 1 saturated heterocycles. The maximum Gasteiger partial charge on any atom is 0.236 e. The summed E-state index contributed by atoms with van der Waals surface area (Å²) < 4.78 is 1.37. The molecule has 0 spiro atoms. The lowest BCUT2D eigenvalue weighted by Crippen LogP contribution is -2.41. The molecule has 0 radical (unpaired) electrons. The molecule has 1 aromatic rings. The van der Waals surface area contributed by atoms with Crippen LogP contribution in [-0.2, 0) is 4.79 Å². The van der Waals surface area contributed by atoms with Crippen LogP contribution in [0.25, 0.3) is 0 Å². The Labute approximate surface area is 127 Å². The molecule has 1 atom stereocenters. The monoisotopic (exact) mass is 320 g/mol. The molecule has 106 valence electrons. The fourth-order valence-corrected chi connectivity index (χ4v) is 3.90. The highest BCUT2D eigenvalue weighted by Crippen LogP contribution is 2.34. The molecule has 6 heteroatoms. The maximum absolute atomic E-state index is 12.0. The van der Waals surface area contributed by atoms with Crippen LogP contribution in [0, 0.1) is 0 Å². The van der Waals surface area contributed by atoms with Crippen LogP contribution in [0.2, 0.25) is 8.67 Å². The second kappa shape index (κ2) is 6.93. The van der Waals surface area contributed by atoms with Crippen molar-refractivity contribution in [3.8, 4) is 0 Å². The summed E-state index contributed by atoms with van der Waals surface area (Å²) in [5.74, 6) is 0.170. The first kappa shape index (κ1) is 15.1. The summed E-state index contributed by atoms with van der Waals surface area (Å²) in [7, 11) is 0. The van der Waals surface area contributed by atoms with Gasteiger partial charge < -0.3 is 10.2 Å². The molecule has 0 aliphatic carbocycles. The Balaban J connectivity index is 1.84. The number of nitrogens with one attached hydrogen (secondary N) is 1. The molecular weight excluding hydrogens is 303 g/mol. The number of halogens is 2. The van der Waals surface area contributed by atoms with Gasteiger partial charge in [0.1, 0.15) is 0 Å². The first-order valence-electron chi connectivity index (χ1n) is 6.54. The van der Waals surface area contributed by atoms with Gasteiger partial charge in [0.2, 0.25) is 5.91 Å². The summed E-state index contributed by atoms with van der Waals surface area (Å²) in [5.41, 5.74) is 0.961. The average Bonchev–Trinajstić information content (AvgIpc) is 2.75. The second-order valence-corrected chi connectivity index (χ2v) is 7.11. The fourth-order valence-electron chi connectivity index (χ4n) is 2.25. The number of hydrogen-bond donors (Lipinski definition) is 1. The van der Waals surface area contributed by atoms with Crippen LogP contribution < -0.4 is 5.32 Å². The van der Waals surface area contributed by atoms with Gasteiger partial charge in [0, 0.05) is 19.1 Å². The van der Waals surface area contributed by atoms with Gasteiger partial charge in [-0.3, -0.25) is 4.79 Å². The van der Waals surface area contributed by atoms with Crippen molar-refractivity contribution in [3.63, 3.8) is 0 Å². The molecule has 1 aliphatic heterocycles. The van der Waals surface area contributed by atoms with Gasteiger partial charge in [-0.1, -0.05) is 23.2 Å². The lowest BCUT2D eigenvalue weighted by molar-refractivity contribution is -0.131. The first-order chi connectivity index (χ1) is 9.08. The standard InChI is InChI=1S/C13H18Cl2N2OS/c1-9(10-7-11(14)19-13(10)15)16-8-12(18)17-5-3-2-4-6-17/h7,9,16H,2-6,8H2,1H3. The van der Waals surface area contributed by atoms with E-state index in [-0.39, 0.29) is 11.9 Å². The molecular formula is C13H18Cl2N2OS. The van der Waals surface area contributed by atoms with Gasteiger partial charge in [-0.15, -0.1) is 11.3 Å². The van der Waals surface area contributed by atoms with Crippen LogP contribution in [0.3, 0.4) is 0 Å². The van der Waals surface area contributed by atoms with E-state index in [0.717, 1.165) is 31.5 Å². The molecule has 1 fully saturated rings. The molecule has 0 bridgehead atoms. The van der Waals surface area contributed by atoms with Crippen molar-refractivity contribution in [2.45, 2.75) is 32.2 Å².